The summed E-state index contributed by atoms with van der Waals surface area (Å²) in [4.78, 5) is 18.8. The number of aliphatic carboxylic acids is 1. The van der Waals surface area contributed by atoms with Crippen molar-refractivity contribution in [3.63, 3.8) is 0 Å². The third kappa shape index (κ3) is 3.16. The van der Waals surface area contributed by atoms with E-state index in [2.05, 4.69) is 0 Å². The summed E-state index contributed by atoms with van der Waals surface area (Å²) in [6.07, 6.45) is 0.927. The van der Waals surface area contributed by atoms with Crippen LogP contribution in [0, 0.1) is 0 Å². The van der Waals surface area contributed by atoms with Crippen LogP contribution in [0.1, 0.15) is 48.8 Å². The zero-order valence-electron chi connectivity index (χ0n) is 16.6. The molecule has 1 aromatic heterocycles. The molecule has 6 nitrogen and oxygen atoms in total. The highest BCUT2D eigenvalue weighted by Gasteiger charge is 2.46. The van der Waals surface area contributed by atoms with Gasteiger partial charge in [-0.15, -0.1) is 0 Å². The Bertz CT molecular complexity index is 1180. The number of carboxylic acids is 1. The molecule has 3 aromatic rings. The number of hydrogen-bond donors (Lipinski definition) is 1. The van der Waals surface area contributed by atoms with Gasteiger partial charge in [-0.1, -0.05) is 30.7 Å². The Morgan fingerprint density at radius 1 is 1.32 bits per heavy atom. The lowest BCUT2D eigenvalue weighted by Gasteiger charge is -2.32. The molecule has 2 aliphatic heterocycles. The van der Waals surface area contributed by atoms with Crippen molar-refractivity contribution in [2.24, 2.45) is 0 Å². The topological polar surface area (TPSA) is 67.6 Å². The first kappa shape index (κ1) is 20.2. The molecule has 0 radical (unpaired) electrons. The van der Waals surface area contributed by atoms with Crippen LogP contribution in [0.15, 0.2) is 36.4 Å². The first-order valence-electron chi connectivity index (χ1n) is 10.1. The van der Waals surface area contributed by atoms with Crippen molar-refractivity contribution in [1.29, 1.82) is 0 Å². The summed E-state index contributed by atoms with van der Waals surface area (Å²) in [7, 11) is 0. The van der Waals surface area contributed by atoms with E-state index in [1.54, 1.807) is 18.2 Å². The molecule has 1 unspecified atom stereocenters. The van der Waals surface area contributed by atoms with Crippen LogP contribution in [-0.2, 0) is 11.3 Å². The molecule has 0 fully saturated rings. The molecule has 0 saturated heterocycles. The average Bonchev–Trinajstić information content (AvgIpc) is 3.18. The molecular weight excluding hydrogens is 428 g/mol. The number of alkyl halides is 2. The molecule has 9 heteroatoms. The summed E-state index contributed by atoms with van der Waals surface area (Å²) in [5.41, 5.74) is 2.94. The Balaban J connectivity index is 1.78. The fourth-order valence-electron chi connectivity index (χ4n) is 5.09. The molecule has 0 aliphatic carbocycles. The highest BCUT2D eigenvalue weighted by molar-refractivity contribution is 6.31. The van der Waals surface area contributed by atoms with Gasteiger partial charge in [-0.3, -0.25) is 9.69 Å². The number of benzene rings is 2. The summed E-state index contributed by atoms with van der Waals surface area (Å²) in [6, 6.07) is 9.10. The number of nitrogens with zero attached hydrogens (tertiary/aromatic N) is 3. The van der Waals surface area contributed by atoms with E-state index in [4.69, 9.17) is 21.3 Å². The zero-order chi connectivity index (χ0) is 21.9. The number of fused-ring (bicyclic) bond motifs is 9. The summed E-state index contributed by atoms with van der Waals surface area (Å²) < 4.78 is 33.3. The Morgan fingerprint density at radius 3 is 2.84 bits per heavy atom. The van der Waals surface area contributed by atoms with E-state index in [9.17, 15) is 18.7 Å². The number of aromatic nitrogens is 2. The number of ether oxygens (including phenoxy) is 1. The predicted octanol–water partition coefficient (Wildman–Crippen LogP) is 5.00. The summed E-state index contributed by atoms with van der Waals surface area (Å²) in [5.74, 6) is -0.0854. The van der Waals surface area contributed by atoms with Crippen LogP contribution in [0.4, 0.5) is 8.78 Å². The molecule has 0 amide bonds. The second kappa shape index (κ2) is 7.46. The maximum absolute atomic E-state index is 13.2. The van der Waals surface area contributed by atoms with Crippen molar-refractivity contribution < 1.29 is 23.4 Å². The summed E-state index contributed by atoms with van der Waals surface area (Å²) in [6.45, 7) is -0.819. The zero-order valence-corrected chi connectivity index (χ0v) is 17.4. The van der Waals surface area contributed by atoms with Crippen molar-refractivity contribution in [3.8, 4) is 5.75 Å². The van der Waals surface area contributed by atoms with E-state index in [1.807, 2.05) is 28.5 Å². The quantitative estimate of drug-likeness (QED) is 0.596. The minimum absolute atomic E-state index is 0.109. The first-order valence-corrected chi connectivity index (χ1v) is 10.5. The van der Waals surface area contributed by atoms with Crippen LogP contribution in [0.3, 0.4) is 0 Å². The highest BCUT2D eigenvalue weighted by atomic mass is 35.5. The molecule has 0 saturated carbocycles. The fraction of sp³-hybridized carbons (Fsp3) is 0.364. The van der Waals surface area contributed by atoms with Crippen LogP contribution in [-0.4, -0.2) is 38.2 Å². The normalized spacial score (nSPS) is 21.1. The maximum atomic E-state index is 13.2. The van der Waals surface area contributed by atoms with Crippen LogP contribution in [0.5, 0.6) is 5.75 Å². The third-order valence-corrected chi connectivity index (χ3v) is 6.50. The summed E-state index contributed by atoms with van der Waals surface area (Å²) >= 11 is 6.24. The molecule has 162 valence electrons. The van der Waals surface area contributed by atoms with E-state index in [0.29, 0.717) is 30.0 Å². The largest absolute Gasteiger partial charge is 0.480 e. The fourth-order valence-corrected chi connectivity index (χ4v) is 5.26. The van der Waals surface area contributed by atoms with Gasteiger partial charge in [0.1, 0.15) is 17.6 Å². The van der Waals surface area contributed by atoms with Gasteiger partial charge in [-0.25, -0.2) is 4.98 Å². The van der Waals surface area contributed by atoms with Crippen LogP contribution >= 0.6 is 11.6 Å². The minimum Gasteiger partial charge on any atom is -0.480 e. The Labute approximate surface area is 182 Å². The molecular formula is C22H20ClF2N3O3. The number of rotatable bonds is 5. The lowest BCUT2D eigenvalue weighted by Crippen LogP contribution is -2.42. The van der Waals surface area contributed by atoms with Crippen LogP contribution in [0.2, 0.25) is 5.02 Å². The number of carboxylic acid groups (broad SMARTS) is 1. The van der Waals surface area contributed by atoms with Gasteiger partial charge >= 0.3 is 12.6 Å². The van der Waals surface area contributed by atoms with Gasteiger partial charge in [0, 0.05) is 17.1 Å². The first-order chi connectivity index (χ1) is 14.9. The molecule has 2 aliphatic rings. The lowest BCUT2D eigenvalue weighted by molar-refractivity contribution is -0.145. The standard InChI is InChI=1S/C22H20ClF2N3O3/c1-2-14(21(29)30)27-10-11-4-3-5-18(31-22(24)25)19(11)16-9-17(27)20-26-13-7-6-12(23)8-15(13)28(16)20/h3-8,14,16-17,22H,2,9-10H2,1H3,(H,29,30)/t14?,16-,17-/m1/s1. The second-order valence-corrected chi connectivity index (χ2v) is 8.32. The number of carbonyl (C=O) groups is 1. The second-order valence-electron chi connectivity index (χ2n) is 7.88. The van der Waals surface area contributed by atoms with Gasteiger partial charge in [-0.2, -0.15) is 8.78 Å². The monoisotopic (exact) mass is 447 g/mol. The molecule has 1 N–H and O–H groups in total. The van der Waals surface area contributed by atoms with Gasteiger partial charge in [0.15, 0.2) is 0 Å². The van der Waals surface area contributed by atoms with Gasteiger partial charge in [0.05, 0.1) is 23.1 Å². The van der Waals surface area contributed by atoms with Crippen molar-refractivity contribution in [3.05, 3.63) is 58.4 Å². The van der Waals surface area contributed by atoms with Crippen molar-refractivity contribution in [1.82, 2.24) is 14.5 Å². The van der Waals surface area contributed by atoms with Gasteiger partial charge in [0.2, 0.25) is 0 Å². The van der Waals surface area contributed by atoms with E-state index in [0.717, 1.165) is 22.4 Å². The van der Waals surface area contributed by atoms with Crippen molar-refractivity contribution in [2.45, 2.75) is 51.0 Å². The van der Waals surface area contributed by atoms with Gasteiger partial charge in [0.25, 0.3) is 0 Å². The van der Waals surface area contributed by atoms with Crippen LogP contribution < -0.4 is 4.74 Å². The van der Waals surface area contributed by atoms with Gasteiger partial charge in [-0.05, 0) is 42.7 Å². The number of imidazole rings is 1. The number of hydrogen-bond acceptors (Lipinski definition) is 4. The SMILES string of the molecule is CCC(C(=O)O)N1Cc2cccc(OC(F)F)c2[C@H]2C[C@@H]1c1nc3ccc(Cl)cc3n12. The molecule has 2 bridgehead atoms. The molecule has 2 aromatic carbocycles. The minimum atomic E-state index is -2.96. The Morgan fingerprint density at radius 2 is 2.13 bits per heavy atom. The van der Waals surface area contributed by atoms with E-state index in [-0.39, 0.29) is 17.8 Å². The molecule has 3 atom stereocenters. The maximum Gasteiger partial charge on any atom is 0.387 e. The number of halogens is 3. The lowest BCUT2D eigenvalue weighted by atomic mass is 9.98. The van der Waals surface area contributed by atoms with Gasteiger partial charge < -0.3 is 14.4 Å². The van der Waals surface area contributed by atoms with E-state index >= 15 is 0 Å². The van der Waals surface area contributed by atoms with Crippen LogP contribution in [0.25, 0.3) is 11.0 Å². The summed E-state index contributed by atoms with van der Waals surface area (Å²) in [5, 5.41) is 10.4. The molecule has 3 heterocycles. The highest BCUT2D eigenvalue weighted by Crippen LogP contribution is 2.51. The smallest absolute Gasteiger partial charge is 0.387 e. The van der Waals surface area contributed by atoms with E-state index < -0.39 is 18.6 Å². The Kier molecular flexibility index (Phi) is 4.86. The molecule has 31 heavy (non-hydrogen) atoms. The Hall–Kier alpha value is -2.71. The van der Waals surface area contributed by atoms with Crippen molar-refractivity contribution >= 4 is 28.6 Å². The molecule has 5 rings (SSSR count). The average molecular weight is 448 g/mol. The third-order valence-electron chi connectivity index (χ3n) is 6.27. The predicted molar refractivity (Wildman–Crippen MR) is 111 cm³/mol. The van der Waals surface area contributed by atoms with Crippen molar-refractivity contribution in [2.75, 3.05) is 0 Å². The van der Waals surface area contributed by atoms with E-state index in [1.165, 1.54) is 6.07 Å². The molecule has 0 spiro atoms.